The lowest BCUT2D eigenvalue weighted by molar-refractivity contribution is -0.385. The van der Waals surface area contributed by atoms with Crippen LogP contribution in [-0.2, 0) is 10.0 Å². The summed E-state index contributed by atoms with van der Waals surface area (Å²) in [5.74, 6) is 0.575. The molecule has 1 aromatic rings. The van der Waals surface area contributed by atoms with Gasteiger partial charge < -0.3 is 0 Å². The number of hydrogen-bond donors (Lipinski definition) is 1. The number of rotatable bonds is 6. The fourth-order valence-electron chi connectivity index (χ4n) is 3.12. The minimum atomic E-state index is -3.71. The van der Waals surface area contributed by atoms with E-state index in [1.807, 2.05) is 0 Å². The van der Waals surface area contributed by atoms with Crippen LogP contribution in [0.1, 0.15) is 50.5 Å². The molecule has 128 valence electrons. The summed E-state index contributed by atoms with van der Waals surface area (Å²) >= 11 is 0. The lowest BCUT2D eigenvalue weighted by Crippen LogP contribution is -2.27. The molecule has 0 saturated heterocycles. The first kappa shape index (κ1) is 17.9. The summed E-state index contributed by atoms with van der Waals surface area (Å²) < 4.78 is 27.4. The van der Waals surface area contributed by atoms with Gasteiger partial charge in [-0.1, -0.05) is 44.6 Å². The molecule has 1 fully saturated rings. The second-order valence-electron chi connectivity index (χ2n) is 6.25. The summed E-state index contributed by atoms with van der Waals surface area (Å²) in [4.78, 5) is 10.2. The maximum absolute atomic E-state index is 12.4. The van der Waals surface area contributed by atoms with Gasteiger partial charge in [-0.25, -0.2) is 13.1 Å². The van der Waals surface area contributed by atoms with Crippen molar-refractivity contribution in [1.82, 2.24) is 4.72 Å². The molecule has 1 aliphatic carbocycles. The molecule has 0 unspecified atom stereocenters. The highest BCUT2D eigenvalue weighted by atomic mass is 32.2. The molecule has 1 saturated carbocycles. The number of nitrogens with zero attached hydrogens (tertiary/aromatic N) is 1. The molecule has 0 radical (unpaired) electrons. The molecule has 0 heterocycles. The van der Waals surface area contributed by atoms with E-state index < -0.39 is 14.9 Å². The molecule has 0 spiro atoms. The molecule has 0 bridgehead atoms. The molecule has 0 aliphatic heterocycles. The van der Waals surface area contributed by atoms with Crippen LogP contribution in [0.4, 0.5) is 5.69 Å². The van der Waals surface area contributed by atoms with E-state index in [9.17, 15) is 18.5 Å². The Morgan fingerprint density at radius 3 is 2.48 bits per heavy atom. The molecule has 1 aliphatic rings. The van der Waals surface area contributed by atoms with Crippen molar-refractivity contribution in [3.63, 3.8) is 0 Å². The van der Waals surface area contributed by atoms with Gasteiger partial charge in [0.25, 0.3) is 5.69 Å². The zero-order chi connectivity index (χ0) is 16.9. The van der Waals surface area contributed by atoms with Crippen LogP contribution < -0.4 is 4.72 Å². The van der Waals surface area contributed by atoms with Crippen LogP contribution in [0.15, 0.2) is 23.1 Å². The molecule has 1 aromatic carbocycles. The fraction of sp³-hybridized carbons (Fsp3) is 0.625. The van der Waals surface area contributed by atoms with Gasteiger partial charge in [0.05, 0.1) is 9.82 Å². The Morgan fingerprint density at radius 1 is 1.22 bits per heavy atom. The van der Waals surface area contributed by atoms with Crippen LogP contribution in [0, 0.1) is 23.0 Å². The van der Waals surface area contributed by atoms with Gasteiger partial charge in [-0.2, -0.15) is 0 Å². The molecule has 7 heteroatoms. The second-order valence-corrected chi connectivity index (χ2v) is 7.99. The third-order valence-electron chi connectivity index (χ3n) is 4.49. The normalized spacial score (nSPS) is 16.9. The third kappa shape index (κ3) is 5.00. The van der Waals surface area contributed by atoms with Gasteiger partial charge in [0, 0.05) is 18.7 Å². The van der Waals surface area contributed by atoms with E-state index in [4.69, 9.17) is 0 Å². The van der Waals surface area contributed by atoms with E-state index in [0.29, 0.717) is 18.0 Å². The van der Waals surface area contributed by atoms with E-state index in [0.717, 1.165) is 25.3 Å². The van der Waals surface area contributed by atoms with E-state index in [1.54, 1.807) is 6.92 Å². The smallest absolute Gasteiger partial charge is 0.258 e. The Bertz CT molecular complexity index is 650. The maximum Gasteiger partial charge on any atom is 0.270 e. The van der Waals surface area contributed by atoms with Crippen molar-refractivity contribution in [2.45, 2.75) is 56.8 Å². The van der Waals surface area contributed by atoms with E-state index in [1.165, 1.54) is 37.8 Å². The zero-order valence-corrected chi connectivity index (χ0v) is 14.3. The van der Waals surface area contributed by atoms with Gasteiger partial charge in [0.15, 0.2) is 0 Å². The summed E-state index contributed by atoms with van der Waals surface area (Å²) in [6.07, 6.45) is 8.15. The first-order valence-corrected chi connectivity index (χ1v) is 9.63. The first-order valence-electron chi connectivity index (χ1n) is 8.15. The van der Waals surface area contributed by atoms with Crippen molar-refractivity contribution >= 4 is 15.7 Å². The van der Waals surface area contributed by atoms with Gasteiger partial charge in [0.2, 0.25) is 10.0 Å². The molecule has 0 atom stereocenters. The number of hydrogen-bond acceptors (Lipinski definition) is 4. The van der Waals surface area contributed by atoms with Crippen molar-refractivity contribution < 1.29 is 13.3 Å². The zero-order valence-electron chi connectivity index (χ0n) is 13.5. The lowest BCUT2D eigenvalue weighted by Gasteiger charge is -2.15. The van der Waals surface area contributed by atoms with Crippen molar-refractivity contribution in [3.05, 3.63) is 33.9 Å². The highest BCUT2D eigenvalue weighted by molar-refractivity contribution is 7.89. The molecular formula is C16H24N2O4S. The summed E-state index contributed by atoms with van der Waals surface area (Å²) in [6, 6.07) is 3.92. The number of non-ortho nitro benzene ring substituents is 1. The second kappa shape index (κ2) is 7.88. The summed E-state index contributed by atoms with van der Waals surface area (Å²) in [6.45, 7) is 2.03. The monoisotopic (exact) mass is 340 g/mol. The summed E-state index contributed by atoms with van der Waals surface area (Å²) in [7, 11) is -3.71. The maximum atomic E-state index is 12.4. The van der Waals surface area contributed by atoms with Crippen LogP contribution >= 0.6 is 0 Å². The summed E-state index contributed by atoms with van der Waals surface area (Å²) in [5.41, 5.74) is 0.303. The van der Waals surface area contributed by atoms with Crippen LogP contribution in [0.25, 0.3) is 0 Å². The predicted molar refractivity (Wildman–Crippen MR) is 88.8 cm³/mol. The minimum Gasteiger partial charge on any atom is -0.258 e. The average molecular weight is 340 g/mol. The lowest BCUT2D eigenvalue weighted by atomic mass is 9.97. The SMILES string of the molecule is Cc1ccc([N+](=O)[O-])cc1S(=O)(=O)NCCC1CCCCCC1. The molecule has 1 N–H and O–H groups in total. The van der Waals surface area contributed by atoms with Crippen molar-refractivity contribution in [1.29, 1.82) is 0 Å². The highest BCUT2D eigenvalue weighted by Crippen LogP contribution is 2.25. The van der Waals surface area contributed by atoms with Gasteiger partial charge in [-0.05, 0) is 24.8 Å². The molecule has 0 amide bonds. The number of sulfonamides is 1. The van der Waals surface area contributed by atoms with Crippen molar-refractivity contribution in [2.75, 3.05) is 6.54 Å². The largest absolute Gasteiger partial charge is 0.270 e. The van der Waals surface area contributed by atoms with Crippen LogP contribution in [0.2, 0.25) is 0 Å². The Balaban J connectivity index is 2.01. The Kier molecular flexibility index (Phi) is 6.12. The van der Waals surface area contributed by atoms with E-state index in [-0.39, 0.29) is 10.6 Å². The Labute approximate surface area is 137 Å². The number of nitro groups is 1. The van der Waals surface area contributed by atoms with Crippen LogP contribution in [0.5, 0.6) is 0 Å². The Hall–Kier alpha value is -1.47. The van der Waals surface area contributed by atoms with Crippen LogP contribution in [0.3, 0.4) is 0 Å². The number of nitro benzene ring substituents is 1. The highest BCUT2D eigenvalue weighted by Gasteiger charge is 2.21. The standard InChI is InChI=1S/C16H24N2O4S/c1-13-8-9-15(18(19)20)12-16(13)23(21,22)17-11-10-14-6-4-2-3-5-7-14/h8-9,12,14,17H,2-7,10-11H2,1H3. The van der Waals surface area contributed by atoms with Gasteiger partial charge >= 0.3 is 0 Å². The molecule has 0 aromatic heterocycles. The number of aryl methyl sites for hydroxylation is 1. The molecule has 23 heavy (non-hydrogen) atoms. The first-order chi connectivity index (χ1) is 10.9. The van der Waals surface area contributed by atoms with Crippen LogP contribution in [-0.4, -0.2) is 19.9 Å². The molecule has 6 nitrogen and oxygen atoms in total. The average Bonchev–Trinajstić information content (AvgIpc) is 2.76. The van der Waals surface area contributed by atoms with Crippen molar-refractivity contribution in [3.8, 4) is 0 Å². The quantitative estimate of drug-likeness (QED) is 0.487. The fourth-order valence-corrected chi connectivity index (χ4v) is 4.43. The van der Waals surface area contributed by atoms with Gasteiger partial charge in [-0.3, -0.25) is 10.1 Å². The Morgan fingerprint density at radius 2 is 1.87 bits per heavy atom. The van der Waals surface area contributed by atoms with Gasteiger partial charge in [-0.15, -0.1) is 0 Å². The van der Waals surface area contributed by atoms with E-state index in [2.05, 4.69) is 4.72 Å². The van der Waals surface area contributed by atoms with Gasteiger partial charge in [0.1, 0.15) is 0 Å². The molecular weight excluding hydrogens is 316 g/mol. The summed E-state index contributed by atoms with van der Waals surface area (Å²) in [5, 5.41) is 10.8. The predicted octanol–water partition coefficient (Wildman–Crippen LogP) is 3.54. The third-order valence-corrected chi connectivity index (χ3v) is 6.09. The topological polar surface area (TPSA) is 89.3 Å². The number of nitrogens with one attached hydrogen (secondary N) is 1. The van der Waals surface area contributed by atoms with E-state index >= 15 is 0 Å². The number of benzene rings is 1. The molecule has 2 rings (SSSR count). The van der Waals surface area contributed by atoms with Crippen molar-refractivity contribution in [2.24, 2.45) is 5.92 Å². The minimum absolute atomic E-state index is 0.00688.